The van der Waals surface area contributed by atoms with Gasteiger partial charge in [0.25, 0.3) is 7.82 Å². The highest BCUT2D eigenvalue weighted by Gasteiger charge is 2.27. The van der Waals surface area contributed by atoms with E-state index in [1.165, 1.54) is 128 Å². The van der Waals surface area contributed by atoms with Crippen molar-refractivity contribution in [2.24, 2.45) is 0 Å². The molecule has 3 atom stereocenters. The van der Waals surface area contributed by atoms with Gasteiger partial charge in [-0.1, -0.05) is 230 Å². The van der Waals surface area contributed by atoms with E-state index in [0.29, 0.717) is 23.9 Å². The lowest BCUT2D eigenvalue weighted by molar-refractivity contribution is -0.870. The lowest BCUT2D eigenvalue weighted by Crippen LogP contribution is -2.47. The average Bonchev–Trinajstić information content (AvgIpc) is 3.27. The number of hydrogen-bond donors (Lipinski definition) is 1. The summed E-state index contributed by atoms with van der Waals surface area (Å²) in [5.74, 6) is -0.561. The summed E-state index contributed by atoms with van der Waals surface area (Å²) in [5, 5.41) is 3.01. The molecule has 386 valence electrons. The first-order valence-corrected chi connectivity index (χ1v) is 28.9. The molecule has 0 fully saturated rings. The van der Waals surface area contributed by atoms with Gasteiger partial charge in [-0.25, -0.2) is 0 Å². The van der Waals surface area contributed by atoms with Crippen molar-refractivity contribution in [1.29, 1.82) is 0 Å². The minimum Gasteiger partial charge on any atom is -0.756 e. The average molecular weight is 949 g/mol. The van der Waals surface area contributed by atoms with Crippen molar-refractivity contribution in [3.63, 3.8) is 0 Å². The van der Waals surface area contributed by atoms with Gasteiger partial charge in [-0.05, 0) is 51.0 Å². The number of amides is 1. The van der Waals surface area contributed by atoms with E-state index in [1.54, 1.807) is 0 Å². The second-order valence-electron chi connectivity index (χ2n) is 19.8. The highest BCUT2D eigenvalue weighted by molar-refractivity contribution is 7.45. The van der Waals surface area contributed by atoms with Crippen LogP contribution in [-0.4, -0.2) is 69.4 Å². The molecule has 0 rings (SSSR count). The summed E-state index contributed by atoms with van der Waals surface area (Å²) in [6.45, 7) is 6.69. The van der Waals surface area contributed by atoms with E-state index in [1.807, 2.05) is 39.4 Å². The summed E-state index contributed by atoms with van der Waals surface area (Å²) in [6.07, 6.45) is 55.0. The van der Waals surface area contributed by atoms with Crippen LogP contribution in [0.3, 0.4) is 0 Å². The predicted octanol–water partition coefficient (Wildman–Crippen LogP) is 15.5. The molecule has 0 saturated carbocycles. The van der Waals surface area contributed by atoms with Gasteiger partial charge in [0.05, 0.1) is 33.8 Å². The Hall–Kier alpha value is -2.03. The van der Waals surface area contributed by atoms with Crippen LogP contribution < -0.4 is 10.2 Å². The minimum atomic E-state index is -4.69. The van der Waals surface area contributed by atoms with Gasteiger partial charge >= 0.3 is 5.97 Å². The van der Waals surface area contributed by atoms with Crippen LogP contribution in [0.2, 0.25) is 0 Å². The summed E-state index contributed by atoms with van der Waals surface area (Å²) in [5.41, 5.74) is 0. The predicted molar refractivity (Wildman–Crippen MR) is 279 cm³/mol. The van der Waals surface area contributed by atoms with Crippen molar-refractivity contribution in [2.45, 2.75) is 258 Å². The van der Waals surface area contributed by atoms with Gasteiger partial charge in [0.1, 0.15) is 19.3 Å². The van der Waals surface area contributed by atoms with Crippen LogP contribution in [0, 0.1) is 0 Å². The molecule has 9 nitrogen and oxygen atoms in total. The summed E-state index contributed by atoms with van der Waals surface area (Å²) in [4.78, 5) is 39.7. The molecule has 0 spiro atoms. The van der Waals surface area contributed by atoms with E-state index >= 15 is 0 Å². The molecule has 0 radical (unpaired) electrons. The molecule has 0 aliphatic carbocycles. The standard InChI is InChI=1S/C56H105N2O7P/c1-7-10-13-16-19-22-25-27-28-29-31-33-36-39-42-45-48-55(59)57-53(52-64-66(61,62)63-51-50-58(4,5)6)54(47-44-41-38-35-32-24-21-18-15-12-9-3)65-56(60)49-46-43-40-37-34-30-26-23-20-17-14-11-8-2/h11,14,17,20,23,26,44,47,53-54H,7-10,12-13,15-16,18-19,21-22,24-25,27-43,45-46,48-52H2,1-6H3,(H-,57,59,61,62)/b14-11+,20-17+,26-23-,47-44+. The van der Waals surface area contributed by atoms with Crippen LogP contribution in [-0.2, 0) is 27.9 Å². The van der Waals surface area contributed by atoms with Crippen LogP contribution in [0.25, 0.3) is 0 Å². The smallest absolute Gasteiger partial charge is 0.306 e. The molecule has 0 bridgehead atoms. The normalized spacial score (nSPS) is 14.2. The Kier molecular flexibility index (Phi) is 45.3. The van der Waals surface area contributed by atoms with Gasteiger partial charge in [0.2, 0.25) is 5.91 Å². The number of rotatable bonds is 49. The fourth-order valence-electron chi connectivity index (χ4n) is 7.82. The van der Waals surface area contributed by atoms with E-state index in [2.05, 4.69) is 56.5 Å². The topological polar surface area (TPSA) is 114 Å². The third-order valence-corrected chi connectivity index (χ3v) is 13.0. The summed E-state index contributed by atoms with van der Waals surface area (Å²) in [7, 11) is 1.17. The van der Waals surface area contributed by atoms with Crippen molar-refractivity contribution in [3.8, 4) is 0 Å². The molecule has 0 aromatic carbocycles. The zero-order valence-electron chi connectivity index (χ0n) is 43.9. The lowest BCUT2D eigenvalue weighted by atomic mass is 10.0. The van der Waals surface area contributed by atoms with Crippen molar-refractivity contribution < 1.29 is 37.3 Å². The molecule has 1 N–H and O–H groups in total. The minimum absolute atomic E-state index is 0.0252. The van der Waals surface area contributed by atoms with Crippen molar-refractivity contribution in [3.05, 3.63) is 48.6 Å². The number of carbonyl (C=O) groups is 2. The number of carbonyl (C=O) groups excluding carboxylic acids is 2. The second kappa shape index (κ2) is 46.7. The number of quaternary nitrogens is 1. The van der Waals surface area contributed by atoms with E-state index in [0.717, 1.165) is 77.0 Å². The number of allylic oxidation sites excluding steroid dienone is 7. The zero-order valence-corrected chi connectivity index (χ0v) is 44.8. The van der Waals surface area contributed by atoms with Gasteiger partial charge in [0.15, 0.2) is 0 Å². The summed E-state index contributed by atoms with van der Waals surface area (Å²) in [6, 6.07) is -0.892. The number of esters is 1. The molecular formula is C56H105N2O7P. The molecule has 66 heavy (non-hydrogen) atoms. The number of ether oxygens (including phenoxy) is 1. The summed E-state index contributed by atoms with van der Waals surface area (Å²) < 4.78 is 30.1. The number of phosphoric ester groups is 1. The fourth-order valence-corrected chi connectivity index (χ4v) is 8.54. The number of likely N-dealkylation sites (N-methyl/N-ethyl adjacent to an activating group) is 1. The maximum absolute atomic E-state index is 13.4. The first-order valence-electron chi connectivity index (χ1n) is 27.5. The van der Waals surface area contributed by atoms with Crippen LogP contribution in [0.5, 0.6) is 0 Å². The number of nitrogens with one attached hydrogen (secondary N) is 1. The fraction of sp³-hybridized carbons (Fsp3) is 0.821. The van der Waals surface area contributed by atoms with E-state index in [4.69, 9.17) is 13.8 Å². The van der Waals surface area contributed by atoms with Crippen LogP contribution in [0.15, 0.2) is 48.6 Å². The molecule has 3 unspecified atom stereocenters. The first kappa shape index (κ1) is 64.0. The van der Waals surface area contributed by atoms with Crippen molar-refractivity contribution in [1.82, 2.24) is 5.32 Å². The second-order valence-corrected chi connectivity index (χ2v) is 21.2. The van der Waals surface area contributed by atoms with Gasteiger partial charge in [-0.15, -0.1) is 0 Å². The molecular weight excluding hydrogens is 844 g/mol. The first-order chi connectivity index (χ1) is 31.9. The van der Waals surface area contributed by atoms with E-state index in [9.17, 15) is 19.0 Å². The summed E-state index contributed by atoms with van der Waals surface area (Å²) >= 11 is 0. The number of nitrogens with zero attached hydrogens (tertiary/aromatic N) is 1. The Morgan fingerprint density at radius 2 is 0.970 bits per heavy atom. The van der Waals surface area contributed by atoms with E-state index in [-0.39, 0.29) is 24.9 Å². The Labute approximate surface area is 408 Å². The Bertz CT molecular complexity index is 1280. The van der Waals surface area contributed by atoms with E-state index < -0.39 is 26.6 Å². The highest BCUT2D eigenvalue weighted by Crippen LogP contribution is 2.38. The monoisotopic (exact) mass is 949 g/mol. The van der Waals surface area contributed by atoms with Crippen LogP contribution >= 0.6 is 7.82 Å². The molecule has 10 heteroatoms. The number of hydrogen-bond acceptors (Lipinski definition) is 7. The Balaban J connectivity index is 5.36. The molecule has 0 saturated heterocycles. The van der Waals surface area contributed by atoms with Gasteiger partial charge in [-0.2, -0.15) is 0 Å². The number of phosphoric acid groups is 1. The molecule has 0 aromatic heterocycles. The third-order valence-electron chi connectivity index (χ3n) is 12.1. The highest BCUT2D eigenvalue weighted by atomic mass is 31.2. The maximum atomic E-state index is 13.4. The lowest BCUT2D eigenvalue weighted by Gasteiger charge is -2.30. The quantitative estimate of drug-likeness (QED) is 0.0161. The molecule has 0 aromatic rings. The van der Waals surface area contributed by atoms with Crippen molar-refractivity contribution >= 4 is 19.7 Å². The Morgan fingerprint density at radius 3 is 1.44 bits per heavy atom. The Morgan fingerprint density at radius 1 is 0.545 bits per heavy atom. The van der Waals surface area contributed by atoms with Crippen LogP contribution in [0.1, 0.15) is 245 Å². The molecule has 0 aliphatic rings. The van der Waals surface area contributed by atoms with Gasteiger partial charge < -0.3 is 28.5 Å². The molecule has 0 aliphatic heterocycles. The third kappa shape index (κ3) is 47.1. The zero-order chi connectivity index (χ0) is 48.7. The van der Waals surface area contributed by atoms with Crippen LogP contribution in [0.4, 0.5) is 0 Å². The molecule has 0 heterocycles. The van der Waals surface area contributed by atoms with Gasteiger partial charge in [0, 0.05) is 12.8 Å². The SMILES string of the molecule is CC/C=C/C=C/C=C\CCCCCCCC(=O)OC(/C=C/CCCCCCCCCCC)C(COP(=O)([O-])OCC[N+](C)(C)C)NC(=O)CCCCCCCCCCCCCCCCCC. The molecule has 1 amide bonds. The number of unbranched alkanes of at least 4 members (excludes halogenated alkanes) is 29. The maximum Gasteiger partial charge on any atom is 0.306 e. The van der Waals surface area contributed by atoms with Gasteiger partial charge in [-0.3, -0.25) is 14.2 Å². The largest absolute Gasteiger partial charge is 0.756 e. The van der Waals surface area contributed by atoms with Crippen molar-refractivity contribution in [2.75, 3.05) is 40.9 Å².